The summed E-state index contributed by atoms with van der Waals surface area (Å²) in [4.78, 5) is 13.6. The summed E-state index contributed by atoms with van der Waals surface area (Å²) in [5, 5.41) is 29.1. The zero-order chi connectivity index (χ0) is 24.4. The Kier molecular flexibility index (Phi) is 6.21. The maximum absolute atomic E-state index is 13.6. The lowest BCUT2D eigenvalue weighted by Crippen LogP contribution is -2.31. The van der Waals surface area contributed by atoms with Crippen molar-refractivity contribution in [2.75, 3.05) is 7.11 Å². The number of benzene rings is 2. The number of phenols is 1. The van der Waals surface area contributed by atoms with Crippen molar-refractivity contribution in [3.8, 4) is 23.3 Å². The van der Waals surface area contributed by atoms with Gasteiger partial charge in [-0.15, -0.1) is 21.5 Å². The largest absolute Gasteiger partial charge is 0.504 e. The highest BCUT2D eigenvalue weighted by molar-refractivity contribution is 7.07. The minimum Gasteiger partial charge on any atom is -0.504 e. The fourth-order valence-corrected chi connectivity index (χ4v) is 5.37. The lowest BCUT2D eigenvalue weighted by molar-refractivity contribution is 0.373. The van der Waals surface area contributed by atoms with Crippen LogP contribution in [0.4, 0.5) is 0 Å². The quantitative estimate of drug-likeness (QED) is 0.476. The SMILES string of the molecule is COc1ccc(C=c2sc(=C(C#N)c3nnc4n3CCCCC4)n(-c3ccccc3)c2=O)cc1O. The van der Waals surface area contributed by atoms with Crippen LogP contribution in [-0.4, -0.2) is 31.5 Å². The van der Waals surface area contributed by atoms with Crippen LogP contribution in [0.25, 0.3) is 17.3 Å². The van der Waals surface area contributed by atoms with E-state index in [0.29, 0.717) is 37.6 Å². The molecule has 0 radical (unpaired) electrons. The number of hydrogen-bond donors (Lipinski definition) is 1. The molecule has 0 spiro atoms. The molecule has 0 fully saturated rings. The molecule has 5 rings (SSSR count). The molecule has 0 amide bonds. The number of nitrogens with zero attached hydrogens (tertiary/aromatic N) is 5. The standard InChI is InChI=1S/C26H23N5O3S/c1-34-21-12-11-17(14-20(21)32)15-22-25(33)31(18-8-4-2-5-9-18)26(35-22)19(16-27)24-29-28-23-10-6-3-7-13-30(23)24/h2,4-5,8-9,11-12,14-15,32H,3,6-7,10,13H2,1H3. The van der Waals surface area contributed by atoms with E-state index in [-0.39, 0.29) is 11.3 Å². The topological polar surface area (TPSA) is 106 Å². The number of aryl methyl sites for hydroxylation is 1. The number of aromatic hydroxyl groups is 1. The number of nitriles is 1. The first-order valence-corrected chi connectivity index (χ1v) is 12.1. The zero-order valence-electron chi connectivity index (χ0n) is 19.1. The first kappa shape index (κ1) is 22.6. The highest BCUT2D eigenvalue weighted by atomic mass is 32.1. The van der Waals surface area contributed by atoms with E-state index < -0.39 is 0 Å². The van der Waals surface area contributed by atoms with E-state index in [1.54, 1.807) is 22.8 Å². The number of aromatic nitrogens is 4. The second kappa shape index (κ2) is 9.60. The van der Waals surface area contributed by atoms with E-state index in [2.05, 4.69) is 16.3 Å². The minimum absolute atomic E-state index is 0.0168. The second-order valence-electron chi connectivity index (χ2n) is 8.21. The van der Waals surface area contributed by atoms with Crippen molar-refractivity contribution in [2.24, 2.45) is 0 Å². The summed E-state index contributed by atoms with van der Waals surface area (Å²) in [7, 11) is 1.48. The molecule has 35 heavy (non-hydrogen) atoms. The van der Waals surface area contributed by atoms with Crippen LogP contribution in [0, 0.1) is 11.3 Å². The third-order valence-corrected chi connectivity index (χ3v) is 7.09. The van der Waals surface area contributed by atoms with Crippen LogP contribution >= 0.6 is 11.3 Å². The summed E-state index contributed by atoms with van der Waals surface area (Å²) in [5.74, 6) is 1.69. The lowest BCUT2D eigenvalue weighted by Gasteiger charge is -2.07. The van der Waals surface area contributed by atoms with E-state index in [9.17, 15) is 15.2 Å². The number of fused-ring (bicyclic) bond motifs is 1. The van der Waals surface area contributed by atoms with E-state index in [4.69, 9.17) is 4.74 Å². The van der Waals surface area contributed by atoms with Crippen LogP contribution in [0.2, 0.25) is 0 Å². The molecule has 1 aliphatic heterocycles. The number of phenolic OH excluding ortho intramolecular Hbond substituents is 1. The molecule has 1 aliphatic rings. The van der Waals surface area contributed by atoms with Crippen molar-refractivity contribution in [1.82, 2.24) is 19.3 Å². The molecule has 1 N–H and O–H groups in total. The third kappa shape index (κ3) is 4.24. The number of thiazole rings is 1. The molecule has 0 atom stereocenters. The number of hydrogen-bond acceptors (Lipinski definition) is 7. The number of ether oxygens (including phenoxy) is 1. The van der Waals surface area contributed by atoms with Crippen LogP contribution in [-0.2, 0) is 13.0 Å². The van der Waals surface area contributed by atoms with Gasteiger partial charge >= 0.3 is 0 Å². The summed E-state index contributed by atoms with van der Waals surface area (Å²) < 4.78 is 9.60. The average Bonchev–Trinajstić information content (AvgIpc) is 3.31. The van der Waals surface area contributed by atoms with Crippen LogP contribution < -0.4 is 19.5 Å². The summed E-state index contributed by atoms with van der Waals surface area (Å²) in [6.07, 6.45) is 5.66. The molecule has 0 bridgehead atoms. The monoisotopic (exact) mass is 485 g/mol. The molecule has 2 aromatic heterocycles. The maximum atomic E-state index is 13.6. The first-order valence-electron chi connectivity index (χ1n) is 11.3. The molecule has 9 heteroatoms. The Balaban J connectivity index is 1.80. The molecule has 2 aromatic carbocycles. The van der Waals surface area contributed by atoms with E-state index in [1.165, 1.54) is 24.5 Å². The number of para-hydroxylation sites is 1. The van der Waals surface area contributed by atoms with Crippen LogP contribution in [0.1, 0.15) is 36.5 Å². The van der Waals surface area contributed by atoms with Gasteiger partial charge in [-0.2, -0.15) is 5.26 Å². The average molecular weight is 486 g/mol. The highest BCUT2D eigenvalue weighted by Crippen LogP contribution is 2.26. The van der Waals surface area contributed by atoms with Gasteiger partial charge in [0.25, 0.3) is 5.56 Å². The predicted octanol–water partition coefficient (Wildman–Crippen LogP) is 2.48. The van der Waals surface area contributed by atoms with Gasteiger partial charge in [-0.05, 0) is 48.7 Å². The van der Waals surface area contributed by atoms with Gasteiger partial charge in [-0.1, -0.05) is 30.7 Å². The Labute approximate surface area is 205 Å². The van der Waals surface area contributed by atoms with Crippen molar-refractivity contribution in [2.45, 2.75) is 32.2 Å². The molecule has 4 aromatic rings. The molecule has 0 saturated carbocycles. The van der Waals surface area contributed by atoms with Gasteiger partial charge in [0.05, 0.1) is 17.3 Å². The number of methoxy groups -OCH3 is 1. The number of rotatable bonds is 4. The van der Waals surface area contributed by atoms with Crippen LogP contribution in [0.15, 0.2) is 53.3 Å². The van der Waals surface area contributed by atoms with Gasteiger partial charge in [-0.3, -0.25) is 9.36 Å². The summed E-state index contributed by atoms with van der Waals surface area (Å²) in [6.45, 7) is 0.744. The first-order chi connectivity index (χ1) is 17.1. The van der Waals surface area contributed by atoms with Crippen molar-refractivity contribution in [1.29, 1.82) is 5.26 Å². The molecule has 8 nitrogen and oxygen atoms in total. The Morgan fingerprint density at radius 1 is 1.17 bits per heavy atom. The maximum Gasteiger partial charge on any atom is 0.273 e. The molecular weight excluding hydrogens is 462 g/mol. The molecule has 0 unspecified atom stereocenters. The minimum atomic E-state index is -0.255. The zero-order valence-corrected chi connectivity index (χ0v) is 20.0. The molecule has 176 valence electrons. The molecule has 3 heterocycles. The van der Waals surface area contributed by atoms with Crippen molar-refractivity contribution >= 4 is 23.0 Å². The van der Waals surface area contributed by atoms with E-state index >= 15 is 0 Å². The summed E-state index contributed by atoms with van der Waals surface area (Å²) >= 11 is 1.22. The van der Waals surface area contributed by atoms with E-state index in [0.717, 1.165) is 38.1 Å². The van der Waals surface area contributed by atoms with Crippen LogP contribution in [0.3, 0.4) is 0 Å². The Morgan fingerprint density at radius 3 is 2.74 bits per heavy atom. The molecule has 0 saturated heterocycles. The fraction of sp³-hybridized carbons (Fsp3) is 0.231. The third-order valence-electron chi connectivity index (χ3n) is 6.00. The second-order valence-corrected chi connectivity index (χ2v) is 9.24. The van der Waals surface area contributed by atoms with Crippen molar-refractivity contribution in [3.63, 3.8) is 0 Å². The Morgan fingerprint density at radius 2 is 2.00 bits per heavy atom. The lowest BCUT2D eigenvalue weighted by atomic mass is 10.2. The van der Waals surface area contributed by atoms with Gasteiger partial charge in [0.15, 0.2) is 17.3 Å². The summed E-state index contributed by atoms with van der Waals surface area (Å²) in [5.41, 5.74) is 1.36. The van der Waals surface area contributed by atoms with Crippen LogP contribution in [0.5, 0.6) is 11.5 Å². The van der Waals surface area contributed by atoms with Crippen molar-refractivity contribution < 1.29 is 9.84 Å². The predicted molar refractivity (Wildman–Crippen MR) is 133 cm³/mol. The van der Waals surface area contributed by atoms with Gasteiger partial charge < -0.3 is 14.4 Å². The Bertz CT molecular complexity index is 1610. The fourth-order valence-electron chi connectivity index (χ4n) is 4.27. The summed E-state index contributed by atoms with van der Waals surface area (Å²) in [6, 6.07) is 16.5. The van der Waals surface area contributed by atoms with Gasteiger partial charge in [-0.25, -0.2) is 0 Å². The van der Waals surface area contributed by atoms with Crippen molar-refractivity contribution in [3.05, 3.63) is 85.3 Å². The molecule has 0 aliphatic carbocycles. The highest BCUT2D eigenvalue weighted by Gasteiger charge is 2.21. The van der Waals surface area contributed by atoms with Gasteiger partial charge in [0.1, 0.15) is 22.1 Å². The molecular formula is C26H23N5O3S. The van der Waals surface area contributed by atoms with Gasteiger partial charge in [0, 0.05) is 13.0 Å². The van der Waals surface area contributed by atoms with E-state index in [1.807, 2.05) is 34.9 Å². The smallest absolute Gasteiger partial charge is 0.273 e. The van der Waals surface area contributed by atoms with Gasteiger partial charge in [0.2, 0.25) is 0 Å². The Hall–Kier alpha value is -4.16. The normalized spacial score (nSPS) is 14.7.